The second kappa shape index (κ2) is 20.3. The van der Waals surface area contributed by atoms with Crippen molar-refractivity contribution in [3.8, 4) is 0 Å². The number of amides is 5. The number of hydrogen-bond donors (Lipinski definition) is 5. The molecule has 2 aliphatic rings. The monoisotopic (exact) mass is 852 g/mol. The lowest BCUT2D eigenvalue weighted by Gasteiger charge is -2.39. The Hall–Kier alpha value is -4.31. The summed E-state index contributed by atoms with van der Waals surface area (Å²) in [6.45, 7) is 20.8. The van der Waals surface area contributed by atoms with Crippen LogP contribution in [0.15, 0.2) is 46.9 Å². The van der Waals surface area contributed by atoms with Crippen molar-refractivity contribution in [1.29, 1.82) is 0 Å². The first kappa shape index (κ1) is 47.4. The molecule has 8 atom stereocenters. The highest BCUT2D eigenvalue weighted by Gasteiger charge is 2.44. The Morgan fingerprint density at radius 1 is 0.966 bits per heavy atom. The third-order valence-corrected chi connectivity index (χ3v) is 12.6. The number of hydrogen-bond acceptors (Lipinski definition) is 11. The summed E-state index contributed by atoms with van der Waals surface area (Å²) in [7, 11) is 0. The van der Waals surface area contributed by atoms with Gasteiger partial charge in [-0.3, -0.25) is 33.8 Å². The molecule has 0 bridgehead atoms. The molecule has 1 saturated heterocycles. The molecule has 1 aromatic heterocycles. The molecule has 59 heavy (non-hydrogen) atoms. The molecule has 3 heterocycles. The summed E-state index contributed by atoms with van der Waals surface area (Å²) < 4.78 is 0. The van der Waals surface area contributed by atoms with E-state index in [4.69, 9.17) is 4.99 Å². The van der Waals surface area contributed by atoms with Crippen molar-refractivity contribution in [3.05, 3.63) is 52.5 Å². The van der Waals surface area contributed by atoms with Gasteiger partial charge >= 0.3 is 0 Å². The van der Waals surface area contributed by atoms with Crippen molar-refractivity contribution >= 4 is 63.6 Å². The minimum Gasteiger partial charge on any atom is -0.360 e. The SMILES string of the molecule is CCSC(=O)C[C@H](NC(=O)[C@@H](NC(=O)[C@@H](NC1=NCC(=O)N2CC[C@@H](C)[C@H]2C(=O)N[C@@H](C(C)C)C(=O)N[C@H]1C(C)(C)C)C(C)(C)C)C(C)c1ccccc1)c1nccs1. The highest BCUT2D eigenvalue weighted by atomic mass is 32.2. The van der Waals surface area contributed by atoms with Gasteiger partial charge in [0, 0.05) is 30.5 Å². The Morgan fingerprint density at radius 2 is 1.64 bits per heavy atom. The smallest absolute Gasteiger partial charge is 0.244 e. The van der Waals surface area contributed by atoms with Crippen LogP contribution in [-0.2, 0) is 28.8 Å². The minimum atomic E-state index is -1.09. The summed E-state index contributed by atoms with van der Waals surface area (Å²) in [5.74, 6) is -2.21. The largest absolute Gasteiger partial charge is 0.360 e. The van der Waals surface area contributed by atoms with Gasteiger partial charge in [-0.25, -0.2) is 4.98 Å². The number of aliphatic imine (C=N–C) groups is 1. The molecule has 2 aliphatic heterocycles. The Labute approximate surface area is 357 Å². The third-order valence-electron chi connectivity index (χ3n) is 10.9. The second-order valence-electron chi connectivity index (χ2n) is 18.1. The van der Waals surface area contributed by atoms with E-state index in [1.165, 1.54) is 23.1 Å². The first-order chi connectivity index (χ1) is 27.6. The first-order valence-corrected chi connectivity index (χ1v) is 22.4. The third kappa shape index (κ3) is 12.4. The van der Waals surface area contributed by atoms with E-state index in [1.807, 2.05) is 106 Å². The molecule has 0 spiro atoms. The highest BCUT2D eigenvalue weighted by molar-refractivity contribution is 8.13. The van der Waals surface area contributed by atoms with E-state index < -0.39 is 70.7 Å². The molecule has 5 amide bonds. The lowest BCUT2D eigenvalue weighted by molar-refractivity contribution is -0.140. The predicted molar refractivity (Wildman–Crippen MR) is 234 cm³/mol. The Balaban J connectivity index is 1.75. The van der Waals surface area contributed by atoms with E-state index in [-0.39, 0.29) is 47.6 Å². The van der Waals surface area contributed by atoms with Gasteiger partial charge in [0.15, 0.2) is 5.12 Å². The Bertz CT molecular complexity index is 1820. The lowest BCUT2D eigenvalue weighted by Crippen LogP contribution is -2.65. The fourth-order valence-electron chi connectivity index (χ4n) is 7.47. The van der Waals surface area contributed by atoms with Gasteiger partial charge in [-0.1, -0.05) is 118 Å². The van der Waals surface area contributed by atoms with Crippen LogP contribution < -0.4 is 26.6 Å². The number of fused-ring (bicyclic) bond motifs is 1. The molecular weight excluding hydrogens is 789 g/mol. The molecule has 1 aromatic carbocycles. The van der Waals surface area contributed by atoms with E-state index >= 15 is 0 Å². The number of amidine groups is 1. The van der Waals surface area contributed by atoms with Gasteiger partial charge < -0.3 is 31.5 Å². The Morgan fingerprint density at radius 3 is 2.22 bits per heavy atom. The van der Waals surface area contributed by atoms with Crippen LogP contribution >= 0.6 is 23.1 Å². The molecule has 324 valence electrons. The van der Waals surface area contributed by atoms with Crippen molar-refractivity contribution in [2.24, 2.45) is 27.7 Å². The molecule has 5 N–H and O–H groups in total. The number of nitrogens with zero attached hydrogens (tertiary/aromatic N) is 3. The number of aromatic nitrogens is 1. The number of benzene rings is 1. The predicted octanol–water partition coefficient (Wildman–Crippen LogP) is 4.58. The maximum atomic E-state index is 14.8. The molecule has 2 aromatic rings. The summed E-state index contributed by atoms with van der Waals surface area (Å²) in [6.07, 6.45) is 2.28. The summed E-state index contributed by atoms with van der Waals surface area (Å²) in [6, 6.07) is 4.10. The van der Waals surface area contributed by atoms with Crippen LogP contribution in [0, 0.1) is 22.7 Å². The van der Waals surface area contributed by atoms with Gasteiger partial charge in [0.1, 0.15) is 41.6 Å². The second-order valence-corrected chi connectivity index (χ2v) is 20.4. The van der Waals surface area contributed by atoms with Gasteiger partial charge in [-0.15, -0.1) is 11.3 Å². The van der Waals surface area contributed by atoms with E-state index in [0.717, 1.165) is 5.56 Å². The molecule has 4 rings (SSSR count). The quantitative estimate of drug-likeness (QED) is 0.204. The summed E-state index contributed by atoms with van der Waals surface area (Å²) >= 11 is 2.51. The molecule has 1 unspecified atom stereocenters. The molecule has 0 radical (unpaired) electrons. The summed E-state index contributed by atoms with van der Waals surface area (Å²) in [5, 5.41) is 17.8. The van der Waals surface area contributed by atoms with Gasteiger partial charge in [0.05, 0.1) is 12.1 Å². The number of carbonyl (C=O) groups excluding carboxylic acids is 6. The number of nitrogens with one attached hydrogen (secondary N) is 5. The molecule has 0 aliphatic carbocycles. The minimum absolute atomic E-state index is 0.0290. The van der Waals surface area contributed by atoms with Crippen LogP contribution in [0.5, 0.6) is 0 Å². The summed E-state index contributed by atoms with van der Waals surface area (Å²) in [4.78, 5) is 94.6. The zero-order valence-corrected chi connectivity index (χ0v) is 38.0. The van der Waals surface area contributed by atoms with Crippen molar-refractivity contribution < 1.29 is 28.8 Å². The van der Waals surface area contributed by atoms with E-state index in [0.29, 0.717) is 23.7 Å². The van der Waals surface area contributed by atoms with Gasteiger partial charge in [-0.05, 0) is 40.4 Å². The Kier molecular flexibility index (Phi) is 16.3. The van der Waals surface area contributed by atoms with E-state index in [2.05, 4.69) is 31.6 Å². The molecule has 14 nitrogen and oxygen atoms in total. The average molecular weight is 853 g/mol. The van der Waals surface area contributed by atoms with E-state index in [1.54, 1.807) is 16.5 Å². The normalized spacial score (nSPS) is 22.7. The number of thiazole rings is 1. The average Bonchev–Trinajstić information content (AvgIpc) is 3.84. The van der Waals surface area contributed by atoms with Crippen molar-refractivity contribution in [1.82, 2.24) is 36.5 Å². The molecule has 16 heteroatoms. The summed E-state index contributed by atoms with van der Waals surface area (Å²) in [5.41, 5.74) is -0.663. The van der Waals surface area contributed by atoms with Crippen LogP contribution in [0.25, 0.3) is 0 Å². The van der Waals surface area contributed by atoms with E-state index in [9.17, 15) is 28.8 Å². The first-order valence-electron chi connectivity index (χ1n) is 20.6. The maximum absolute atomic E-state index is 14.8. The topological polar surface area (TPSA) is 191 Å². The zero-order valence-electron chi connectivity index (χ0n) is 36.4. The lowest BCUT2D eigenvalue weighted by atomic mass is 9.82. The van der Waals surface area contributed by atoms with Crippen LogP contribution in [0.4, 0.5) is 0 Å². The van der Waals surface area contributed by atoms with Gasteiger partial charge in [-0.2, -0.15) is 0 Å². The zero-order chi connectivity index (χ0) is 43.8. The van der Waals surface area contributed by atoms with Crippen molar-refractivity contribution in [2.75, 3.05) is 18.8 Å². The van der Waals surface area contributed by atoms with Gasteiger partial charge in [0.25, 0.3) is 0 Å². The number of thioether (sulfide) groups is 1. The van der Waals surface area contributed by atoms with Crippen LogP contribution in [0.3, 0.4) is 0 Å². The van der Waals surface area contributed by atoms with Crippen LogP contribution in [-0.4, -0.2) is 99.4 Å². The maximum Gasteiger partial charge on any atom is 0.244 e. The fourth-order valence-corrected chi connectivity index (χ4v) is 8.77. The fraction of sp³-hybridized carbons (Fsp3) is 0.628. The van der Waals surface area contributed by atoms with Crippen LogP contribution in [0.2, 0.25) is 0 Å². The molecule has 1 fully saturated rings. The standard InChI is InChI=1S/C43H64N8O6S2/c1-12-58-30(53)22-28(41-44-19-21-59-41)46-38(55)32(26(5)27-16-14-13-15-17-27)48-40(57)35(43(9,10)11)49-36-34(42(6,7)8)50-37(54)31(24(2)3)47-39(56)33-25(4)18-20-51(33)29(52)23-45-36/h13-17,19,21,24-26,28,31-35H,12,18,20,22-23H2,1-11H3,(H,45,49)(H,46,55)(H,47,56)(H,48,57)(H,50,54)/t25-,26?,28+,31+,32+,33+,34-,35-/m1/s1. The van der Waals surface area contributed by atoms with Crippen molar-refractivity contribution in [3.63, 3.8) is 0 Å². The highest BCUT2D eigenvalue weighted by Crippen LogP contribution is 2.29. The van der Waals surface area contributed by atoms with Crippen LogP contribution in [0.1, 0.15) is 112 Å². The molecular formula is C43H64N8O6S2. The van der Waals surface area contributed by atoms with Crippen molar-refractivity contribution in [2.45, 2.75) is 131 Å². The van der Waals surface area contributed by atoms with Gasteiger partial charge in [0.2, 0.25) is 29.5 Å². The molecule has 0 saturated carbocycles. The number of carbonyl (C=O) groups is 6. The number of rotatable bonds is 12.